The van der Waals surface area contributed by atoms with Crippen molar-refractivity contribution in [3.05, 3.63) is 12.2 Å². The lowest BCUT2D eigenvalue weighted by Gasteiger charge is -2.07. The average Bonchev–Trinajstić information content (AvgIpc) is 2.76. The first-order valence-corrected chi connectivity index (χ1v) is 6.27. The van der Waals surface area contributed by atoms with Crippen molar-refractivity contribution >= 4 is 5.78 Å². The van der Waals surface area contributed by atoms with Gasteiger partial charge in [-0.2, -0.15) is 0 Å². The molecule has 1 N–H and O–H groups in total. The van der Waals surface area contributed by atoms with Gasteiger partial charge in [0.15, 0.2) is 5.78 Å². The molecule has 2 heteroatoms. The molecule has 1 unspecified atom stereocenters. The van der Waals surface area contributed by atoms with E-state index in [4.69, 9.17) is 0 Å². The van der Waals surface area contributed by atoms with Crippen molar-refractivity contribution in [3.63, 3.8) is 0 Å². The minimum Gasteiger partial charge on any atom is -0.301 e. The number of rotatable bonds is 8. The summed E-state index contributed by atoms with van der Waals surface area (Å²) in [6, 6.07) is 0.0145. The SMILES string of the molecule is CCCCCCCCC(=O)C1C=CCN1. The Morgan fingerprint density at radius 3 is 2.67 bits per heavy atom. The second kappa shape index (κ2) is 7.63. The van der Waals surface area contributed by atoms with Gasteiger partial charge in [-0.3, -0.25) is 4.79 Å². The summed E-state index contributed by atoms with van der Waals surface area (Å²) in [7, 11) is 0. The maximum atomic E-state index is 11.6. The van der Waals surface area contributed by atoms with Crippen LogP contribution in [0, 0.1) is 0 Å². The fraction of sp³-hybridized carbons (Fsp3) is 0.769. The predicted octanol–water partition coefficient (Wildman–Crippen LogP) is 2.83. The highest BCUT2D eigenvalue weighted by Crippen LogP contribution is 2.09. The zero-order valence-corrected chi connectivity index (χ0v) is 9.80. The van der Waals surface area contributed by atoms with Crippen molar-refractivity contribution in [2.24, 2.45) is 0 Å². The molecule has 0 bridgehead atoms. The summed E-state index contributed by atoms with van der Waals surface area (Å²) in [5, 5.41) is 3.16. The fourth-order valence-corrected chi connectivity index (χ4v) is 1.92. The average molecular weight is 209 g/mol. The Bertz CT molecular complexity index is 211. The van der Waals surface area contributed by atoms with Gasteiger partial charge in [-0.1, -0.05) is 51.2 Å². The van der Waals surface area contributed by atoms with E-state index in [0.717, 1.165) is 19.4 Å². The van der Waals surface area contributed by atoms with E-state index in [2.05, 4.69) is 12.2 Å². The molecule has 0 aliphatic carbocycles. The van der Waals surface area contributed by atoms with Crippen LogP contribution in [0.25, 0.3) is 0 Å². The van der Waals surface area contributed by atoms with Crippen LogP contribution in [0.3, 0.4) is 0 Å². The van der Waals surface area contributed by atoms with Crippen molar-refractivity contribution < 1.29 is 4.79 Å². The van der Waals surface area contributed by atoms with Crippen molar-refractivity contribution in [1.29, 1.82) is 0 Å². The lowest BCUT2D eigenvalue weighted by Crippen LogP contribution is -2.30. The third-order valence-electron chi connectivity index (χ3n) is 2.91. The van der Waals surface area contributed by atoms with E-state index in [1.54, 1.807) is 0 Å². The third-order valence-corrected chi connectivity index (χ3v) is 2.91. The largest absolute Gasteiger partial charge is 0.301 e. The number of carbonyl (C=O) groups excluding carboxylic acids is 1. The first-order chi connectivity index (χ1) is 7.34. The van der Waals surface area contributed by atoms with Gasteiger partial charge >= 0.3 is 0 Å². The standard InChI is InChI=1S/C13H23NO/c1-2-3-4-5-6-7-10-13(15)12-9-8-11-14-12/h8-9,12,14H,2-7,10-11H2,1H3. The molecule has 1 heterocycles. The van der Waals surface area contributed by atoms with Crippen LogP contribution in [0.5, 0.6) is 0 Å². The van der Waals surface area contributed by atoms with Gasteiger partial charge < -0.3 is 5.32 Å². The molecule has 1 atom stereocenters. The molecular weight excluding hydrogens is 186 g/mol. The van der Waals surface area contributed by atoms with E-state index in [9.17, 15) is 4.79 Å². The van der Waals surface area contributed by atoms with E-state index >= 15 is 0 Å². The van der Waals surface area contributed by atoms with Crippen LogP contribution in [0.1, 0.15) is 51.9 Å². The van der Waals surface area contributed by atoms with Gasteiger partial charge in [-0.05, 0) is 6.42 Å². The zero-order valence-electron chi connectivity index (χ0n) is 9.80. The molecule has 15 heavy (non-hydrogen) atoms. The Morgan fingerprint density at radius 1 is 1.27 bits per heavy atom. The summed E-state index contributed by atoms with van der Waals surface area (Å²) in [4.78, 5) is 11.6. The summed E-state index contributed by atoms with van der Waals surface area (Å²) in [6.45, 7) is 3.08. The van der Waals surface area contributed by atoms with Crippen molar-refractivity contribution in [2.45, 2.75) is 57.9 Å². The highest BCUT2D eigenvalue weighted by Gasteiger charge is 2.16. The van der Waals surface area contributed by atoms with Crippen molar-refractivity contribution in [2.75, 3.05) is 6.54 Å². The first-order valence-electron chi connectivity index (χ1n) is 6.27. The summed E-state index contributed by atoms with van der Waals surface area (Å²) in [5.41, 5.74) is 0. The highest BCUT2D eigenvalue weighted by molar-refractivity contribution is 5.86. The van der Waals surface area contributed by atoms with E-state index in [-0.39, 0.29) is 6.04 Å². The number of Topliss-reactive ketones (excluding diaryl/α,β-unsaturated/α-hetero) is 1. The Labute approximate surface area is 93.1 Å². The second-order valence-electron chi connectivity index (χ2n) is 4.30. The predicted molar refractivity (Wildman–Crippen MR) is 63.9 cm³/mol. The number of hydrogen-bond acceptors (Lipinski definition) is 2. The van der Waals surface area contributed by atoms with E-state index in [1.807, 2.05) is 12.2 Å². The first kappa shape index (κ1) is 12.4. The molecule has 1 rings (SSSR count). The quantitative estimate of drug-likeness (QED) is 0.492. The van der Waals surface area contributed by atoms with Gasteiger partial charge in [-0.15, -0.1) is 0 Å². The highest BCUT2D eigenvalue weighted by atomic mass is 16.1. The molecule has 0 amide bonds. The molecule has 0 saturated heterocycles. The molecule has 0 aromatic carbocycles. The van der Waals surface area contributed by atoms with Crippen molar-refractivity contribution in [3.8, 4) is 0 Å². The molecular formula is C13H23NO. The lowest BCUT2D eigenvalue weighted by atomic mass is 10.0. The summed E-state index contributed by atoms with van der Waals surface area (Å²) in [6.07, 6.45) is 12.3. The van der Waals surface area contributed by atoms with Crippen LogP contribution in [-0.4, -0.2) is 18.4 Å². The fourth-order valence-electron chi connectivity index (χ4n) is 1.92. The zero-order chi connectivity index (χ0) is 10.9. The number of nitrogens with one attached hydrogen (secondary N) is 1. The smallest absolute Gasteiger partial charge is 0.153 e. The van der Waals surface area contributed by atoms with E-state index in [1.165, 1.54) is 32.1 Å². The van der Waals surface area contributed by atoms with Gasteiger partial charge in [0, 0.05) is 13.0 Å². The Morgan fingerprint density at radius 2 is 2.00 bits per heavy atom. The molecule has 0 spiro atoms. The molecule has 0 saturated carbocycles. The minimum atomic E-state index is 0.0145. The Kier molecular flexibility index (Phi) is 6.33. The van der Waals surface area contributed by atoms with Crippen molar-refractivity contribution in [1.82, 2.24) is 5.32 Å². The topological polar surface area (TPSA) is 29.1 Å². The van der Waals surface area contributed by atoms with Crippen LogP contribution >= 0.6 is 0 Å². The Balaban J connectivity index is 1.95. The second-order valence-corrected chi connectivity index (χ2v) is 4.30. The van der Waals surface area contributed by atoms with Crippen LogP contribution in [0.15, 0.2) is 12.2 Å². The molecule has 1 aliphatic rings. The van der Waals surface area contributed by atoms with Gasteiger partial charge in [0.05, 0.1) is 6.04 Å². The maximum absolute atomic E-state index is 11.6. The molecule has 1 aliphatic heterocycles. The molecule has 2 nitrogen and oxygen atoms in total. The van der Waals surface area contributed by atoms with Crippen LogP contribution in [-0.2, 0) is 4.79 Å². The van der Waals surface area contributed by atoms with E-state index < -0.39 is 0 Å². The molecule has 0 fully saturated rings. The number of ketones is 1. The van der Waals surface area contributed by atoms with Gasteiger partial charge in [0.2, 0.25) is 0 Å². The Hall–Kier alpha value is -0.630. The summed E-state index contributed by atoms with van der Waals surface area (Å²) < 4.78 is 0. The monoisotopic (exact) mass is 209 g/mol. The third kappa shape index (κ3) is 5.12. The van der Waals surface area contributed by atoms with Crippen LogP contribution in [0.4, 0.5) is 0 Å². The normalized spacial score (nSPS) is 19.7. The summed E-state index contributed by atoms with van der Waals surface area (Å²) in [5.74, 6) is 0.360. The molecule has 0 radical (unpaired) electrons. The van der Waals surface area contributed by atoms with Crippen LogP contribution in [0.2, 0.25) is 0 Å². The molecule has 86 valence electrons. The molecule has 0 aromatic rings. The maximum Gasteiger partial charge on any atom is 0.153 e. The summed E-state index contributed by atoms with van der Waals surface area (Å²) >= 11 is 0. The number of hydrogen-bond donors (Lipinski definition) is 1. The van der Waals surface area contributed by atoms with Crippen LogP contribution < -0.4 is 5.32 Å². The van der Waals surface area contributed by atoms with Gasteiger partial charge in [0.25, 0.3) is 0 Å². The number of unbranched alkanes of at least 4 members (excludes halogenated alkanes) is 5. The minimum absolute atomic E-state index is 0.0145. The van der Waals surface area contributed by atoms with Gasteiger partial charge in [-0.25, -0.2) is 0 Å². The molecule has 0 aromatic heterocycles. The lowest BCUT2D eigenvalue weighted by molar-refractivity contribution is -0.119. The van der Waals surface area contributed by atoms with E-state index in [0.29, 0.717) is 5.78 Å². The van der Waals surface area contributed by atoms with Gasteiger partial charge in [0.1, 0.15) is 0 Å². The number of carbonyl (C=O) groups is 1.